The fraction of sp³-hybridized carbons (Fsp3) is 0.0769. The van der Waals surface area contributed by atoms with E-state index in [4.69, 9.17) is 4.42 Å². The number of hydrogen-bond donors (Lipinski definition) is 0. The molecular weight excluding hydrogens is 516 g/mol. The number of benzene rings is 6. The number of rotatable bonds is 2. The summed E-state index contributed by atoms with van der Waals surface area (Å²) >= 11 is 1.87. The molecule has 0 fully saturated rings. The van der Waals surface area contributed by atoms with Gasteiger partial charge in [-0.1, -0.05) is 86.6 Å². The van der Waals surface area contributed by atoms with E-state index in [0.717, 1.165) is 21.9 Å². The van der Waals surface area contributed by atoms with Crippen LogP contribution in [0, 0.1) is 0 Å². The van der Waals surface area contributed by atoms with Crippen molar-refractivity contribution >= 4 is 53.4 Å². The third kappa shape index (κ3) is 3.29. The summed E-state index contributed by atoms with van der Waals surface area (Å²) in [7, 11) is 0. The van der Waals surface area contributed by atoms with Gasteiger partial charge in [0.05, 0.1) is 0 Å². The second kappa shape index (κ2) is 8.19. The first kappa shape index (κ1) is 23.1. The summed E-state index contributed by atoms with van der Waals surface area (Å²) in [5, 5.41) is 5.01. The van der Waals surface area contributed by atoms with E-state index >= 15 is 0 Å². The highest BCUT2D eigenvalue weighted by Gasteiger charge is 2.35. The van der Waals surface area contributed by atoms with E-state index in [2.05, 4.69) is 123 Å². The summed E-state index contributed by atoms with van der Waals surface area (Å²) in [5.41, 5.74) is 12.3. The first-order chi connectivity index (χ1) is 20.0. The van der Waals surface area contributed by atoms with Gasteiger partial charge in [-0.2, -0.15) is 0 Å². The van der Waals surface area contributed by atoms with Crippen molar-refractivity contribution in [3.8, 4) is 33.4 Å². The van der Waals surface area contributed by atoms with Gasteiger partial charge in [-0.25, -0.2) is 0 Å². The largest absolute Gasteiger partial charge is 0.456 e. The molecule has 1 aliphatic carbocycles. The molecular formula is C39H26OS. The lowest BCUT2D eigenvalue weighted by atomic mass is 9.82. The highest BCUT2D eigenvalue weighted by atomic mass is 32.1. The van der Waals surface area contributed by atoms with Gasteiger partial charge in [0.15, 0.2) is 0 Å². The lowest BCUT2D eigenvalue weighted by Crippen LogP contribution is -2.14. The molecule has 1 aliphatic rings. The first-order valence-corrected chi connectivity index (χ1v) is 15.0. The van der Waals surface area contributed by atoms with Crippen LogP contribution in [0.2, 0.25) is 0 Å². The van der Waals surface area contributed by atoms with Gasteiger partial charge in [0.25, 0.3) is 0 Å². The minimum atomic E-state index is -0.0417. The van der Waals surface area contributed by atoms with Crippen LogP contribution in [0.4, 0.5) is 0 Å². The van der Waals surface area contributed by atoms with Crippen molar-refractivity contribution < 1.29 is 4.42 Å². The molecule has 0 spiro atoms. The Kier molecular flexibility index (Phi) is 4.61. The molecule has 9 rings (SSSR count). The van der Waals surface area contributed by atoms with Gasteiger partial charge < -0.3 is 4.42 Å². The van der Waals surface area contributed by atoms with Gasteiger partial charge in [-0.05, 0) is 93.0 Å². The zero-order valence-corrected chi connectivity index (χ0v) is 23.7. The maximum Gasteiger partial charge on any atom is 0.135 e. The van der Waals surface area contributed by atoms with Crippen LogP contribution in [0.5, 0.6) is 0 Å². The Balaban J connectivity index is 1.19. The van der Waals surface area contributed by atoms with Gasteiger partial charge in [0, 0.05) is 36.4 Å². The van der Waals surface area contributed by atoms with Crippen molar-refractivity contribution in [3.05, 3.63) is 132 Å². The van der Waals surface area contributed by atoms with Crippen LogP contribution < -0.4 is 0 Å². The van der Waals surface area contributed by atoms with E-state index in [1.54, 1.807) is 0 Å². The number of para-hydroxylation sites is 1. The molecule has 0 saturated carbocycles. The molecule has 194 valence electrons. The van der Waals surface area contributed by atoms with Gasteiger partial charge in [0.1, 0.15) is 11.2 Å². The monoisotopic (exact) mass is 542 g/mol. The third-order valence-corrected chi connectivity index (χ3v) is 10.2. The molecule has 0 unspecified atom stereocenters. The van der Waals surface area contributed by atoms with Crippen molar-refractivity contribution in [1.82, 2.24) is 0 Å². The molecule has 2 heterocycles. The van der Waals surface area contributed by atoms with Crippen LogP contribution in [-0.2, 0) is 5.41 Å². The van der Waals surface area contributed by atoms with Crippen molar-refractivity contribution in [2.45, 2.75) is 19.3 Å². The van der Waals surface area contributed by atoms with Crippen LogP contribution >= 0.6 is 11.3 Å². The predicted octanol–water partition coefficient (Wildman–Crippen LogP) is 11.6. The van der Waals surface area contributed by atoms with Crippen LogP contribution in [0.3, 0.4) is 0 Å². The van der Waals surface area contributed by atoms with Crippen molar-refractivity contribution in [2.75, 3.05) is 0 Å². The molecule has 2 heteroatoms. The average Bonchev–Trinajstić information content (AvgIpc) is 3.64. The molecule has 0 N–H and O–H groups in total. The number of hydrogen-bond acceptors (Lipinski definition) is 2. The van der Waals surface area contributed by atoms with Gasteiger partial charge in [0.2, 0.25) is 0 Å². The summed E-state index contributed by atoms with van der Waals surface area (Å²) in [6.07, 6.45) is 0. The van der Waals surface area contributed by atoms with E-state index < -0.39 is 0 Å². The molecule has 0 atom stereocenters. The quantitative estimate of drug-likeness (QED) is 0.212. The topological polar surface area (TPSA) is 13.1 Å². The Hall–Kier alpha value is -4.66. The predicted molar refractivity (Wildman–Crippen MR) is 175 cm³/mol. The Morgan fingerprint density at radius 1 is 0.463 bits per heavy atom. The zero-order chi connectivity index (χ0) is 27.3. The van der Waals surface area contributed by atoms with E-state index in [9.17, 15) is 0 Å². The van der Waals surface area contributed by atoms with Crippen LogP contribution in [0.15, 0.2) is 126 Å². The fourth-order valence-electron chi connectivity index (χ4n) is 6.94. The summed E-state index contributed by atoms with van der Waals surface area (Å²) in [5.74, 6) is 0. The van der Waals surface area contributed by atoms with E-state index in [-0.39, 0.29) is 5.41 Å². The van der Waals surface area contributed by atoms with Crippen LogP contribution in [0.1, 0.15) is 25.0 Å². The van der Waals surface area contributed by atoms with Gasteiger partial charge in [-0.3, -0.25) is 0 Å². The molecule has 1 nitrogen and oxygen atoms in total. The SMILES string of the molecule is CC1(C)c2ccc(-c3ccc4oc5ccccc5c4c3)cc2-c2cc(-c3ccc4sc5ccccc5c4c3)ccc21. The second-order valence-corrected chi connectivity index (χ2v) is 12.8. The molecule has 6 aromatic carbocycles. The molecule has 41 heavy (non-hydrogen) atoms. The highest BCUT2D eigenvalue weighted by molar-refractivity contribution is 7.25. The van der Waals surface area contributed by atoms with Gasteiger partial charge >= 0.3 is 0 Å². The first-order valence-electron chi connectivity index (χ1n) is 14.2. The standard InChI is InChI=1S/C39H26OS/c1-39(2)33-15-11-23(25-13-17-36-31(21-25)27-7-3-5-9-35(27)40-36)19-29(33)30-20-24(12-16-34(30)39)26-14-18-38-32(22-26)28-8-4-6-10-37(28)41-38/h3-22H,1-2H3. The number of furan rings is 1. The van der Waals surface area contributed by atoms with E-state index in [1.807, 2.05) is 23.5 Å². The Morgan fingerprint density at radius 3 is 1.76 bits per heavy atom. The highest BCUT2D eigenvalue weighted by Crippen LogP contribution is 2.51. The molecule has 8 aromatic rings. The zero-order valence-electron chi connectivity index (χ0n) is 22.9. The lowest BCUT2D eigenvalue weighted by molar-refractivity contribution is 0.660. The minimum Gasteiger partial charge on any atom is -0.456 e. The van der Waals surface area contributed by atoms with E-state index in [1.165, 1.54) is 64.7 Å². The summed E-state index contributed by atoms with van der Waals surface area (Å²) in [6, 6.07) is 44.6. The smallest absolute Gasteiger partial charge is 0.135 e. The third-order valence-electron chi connectivity index (χ3n) is 9.10. The molecule has 0 radical (unpaired) electrons. The van der Waals surface area contributed by atoms with Crippen LogP contribution in [-0.4, -0.2) is 0 Å². The van der Waals surface area contributed by atoms with Crippen molar-refractivity contribution in [3.63, 3.8) is 0 Å². The second-order valence-electron chi connectivity index (χ2n) is 11.8. The maximum atomic E-state index is 6.09. The molecule has 2 aromatic heterocycles. The maximum absolute atomic E-state index is 6.09. The van der Waals surface area contributed by atoms with Crippen molar-refractivity contribution in [2.24, 2.45) is 0 Å². The average molecular weight is 543 g/mol. The fourth-order valence-corrected chi connectivity index (χ4v) is 8.03. The number of thiophene rings is 1. The van der Waals surface area contributed by atoms with Crippen LogP contribution in [0.25, 0.3) is 75.5 Å². The molecule has 0 aliphatic heterocycles. The summed E-state index contributed by atoms with van der Waals surface area (Å²) in [6.45, 7) is 4.70. The molecule has 0 amide bonds. The minimum absolute atomic E-state index is 0.0417. The Labute approximate surface area is 242 Å². The summed E-state index contributed by atoms with van der Waals surface area (Å²) in [4.78, 5) is 0. The number of fused-ring (bicyclic) bond motifs is 9. The van der Waals surface area contributed by atoms with Crippen molar-refractivity contribution in [1.29, 1.82) is 0 Å². The van der Waals surface area contributed by atoms with Gasteiger partial charge in [-0.15, -0.1) is 11.3 Å². The normalized spacial score (nSPS) is 13.8. The summed E-state index contributed by atoms with van der Waals surface area (Å²) < 4.78 is 8.78. The molecule has 0 bridgehead atoms. The Bertz CT molecular complexity index is 2180. The Morgan fingerprint density at radius 2 is 1.00 bits per heavy atom. The lowest BCUT2D eigenvalue weighted by Gasteiger charge is -2.21. The van der Waals surface area contributed by atoms with E-state index in [0.29, 0.717) is 0 Å². The molecule has 0 saturated heterocycles.